The SMILES string of the molecule is CN/C(C)=C\C(=O)Cc1ccc([N-]C(=O)CC(=O)[N-]CCOCCC[N-]C=O)cc1.[Rb+].[Rb+].[Rb+]. The van der Waals surface area contributed by atoms with Gasteiger partial charge in [0.05, 0.1) is 11.8 Å². The van der Waals surface area contributed by atoms with Crippen molar-refractivity contribution in [1.82, 2.24) is 5.32 Å². The van der Waals surface area contributed by atoms with Crippen molar-refractivity contribution in [3.63, 3.8) is 0 Å². The summed E-state index contributed by atoms with van der Waals surface area (Å²) in [5.41, 5.74) is 2.00. The molecule has 9 nitrogen and oxygen atoms in total. The number of rotatable bonds is 15. The second kappa shape index (κ2) is 25.8. The van der Waals surface area contributed by atoms with Gasteiger partial charge in [-0.25, -0.2) is 0 Å². The van der Waals surface area contributed by atoms with E-state index < -0.39 is 18.2 Å². The van der Waals surface area contributed by atoms with Gasteiger partial charge in [-0.05, 0) is 18.9 Å². The number of ether oxygens (including phenoxy) is 1. The molecule has 1 aromatic carbocycles. The number of hydrogen-bond donors (Lipinski definition) is 1. The van der Waals surface area contributed by atoms with Crippen molar-refractivity contribution < 1.29 is 198 Å². The second-order valence-corrected chi connectivity index (χ2v) is 6.32. The van der Waals surface area contributed by atoms with Crippen LogP contribution in [-0.2, 0) is 30.3 Å². The molecule has 0 aromatic heterocycles. The molecule has 0 saturated heterocycles. The van der Waals surface area contributed by atoms with E-state index in [4.69, 9.17) is 4.74 Å². The number of carbonyl (C=O) groups excluding carboxylic acids is 4. The summed E-state index contributed by atoms with van der Waals surface area (Å²) in [4.78, 5) is 45.5. The molecule has 0 bridgehead atoms. The van der Waals surface area contributed by atoms with Crippen LogP contribution in [0.1, 0.15) is 25.3 Å². The maximum absolute atomic E-state index is 11.9. The van der Waals surface area contributed by atoms with E-state index in [0.717, 1.165) is 11.3 Å². The zero-order chi connectivity index (χ0) is 22.2. The molecule has 0 atom stereocenters. The van der Waals surface area contributed by atoms with Gasteiger partial charge in [0.15, 0.2) is 5.78 Å². The van der Waals surface area contributed by atoms with Crippen molar-refractivity contribution in [3.8, 4) is 0 Å². The molecular weight excluding hydrogens is 645 g/mol. The number of nitrogens with one attached hydrogen (secondary N) is 1. The number of carbonyl (C=O) groups is 4. The normalized spacial score (nSPS) is 9.82. The summed E-state index contributed by atoms with van der Waals surface area (Å²) < 4.78 is 5.24. The fourth-order valence-corrected chi connectivity index (χ4v) is 2.27. The summed E-state index contributed by atoms with van der Waals surface area (Å²) in [6, 6.07) is 6.69. The van der Waals surface area contributed by atoms with Gasteiger partial charge in [0.25, 0.3) is 0 Å². The molecule has 3 amide bonds. The predicted molar refractivity (Wildman–Crippen MR) is 114 cm³/mol. The first-order valence-electron chi connectivity index (χ1n) is 9.55. The standard InChI is InChI=1S/C21H30N4O5.3Rb/c1-16(22-2)12-19(27)13-17-4-6-18(7-5-17)25-21(29)14-20(28)24-9-11-30-10-3-8-23-15-26;;;/h4-7,12,15H,3,8-11,13-14H2,1-2H3,(H4,22,23,24,25,26,27,28,29);;;/q;3*+1/p-3. The van der Waals surface area contributed by atoms with Gasteiger partial charge in [-0.2, -0.15) is 0 Å². The summed E-state index contributed by atoms with van der Waals surface area (Å²) in [6.07, 6.45) is 2.48. The van der Waals surface area contributed by atoms with Gasteiger partial charge in [0.2, 0.25) is 0 Å². The molecule has 0 spiro atoms. The molecule has 0 unspecified atom stereocenters. The number of benzene rings is 1. The Morgan fingerprint density at radius 3 is 2.27 bits per heavy atom. The van der Waals surface area contributed by atoms with Gasteiger partial charge in [0.1, 0.15) is 0 Å². The summed E-state index contributed by atoms with van der Waals surface area (Å²) in [5, 5.41) is 14.0. The second-order valence-electron chi connectivity index (χ2n) is 6.32. The maximum Gasteiger partial charge on any atom is 1.00 e. The van der Waals surface area contributed by atoms with Crippen LogP contribution in [0, 0.1) is 0 Å². The molecule has 1 rings (SSSR count). The van der Waals surface area contributed by atoms with Crippen molar-refractivity contribution in [2.75, 3.05) is 33.4 Å². The van der Waals surface area contributed by atoms with Crippen LogP contribution in [0.15, 0.2) is 36.0 Å². The molecule has 33 heavy (non-hydrogen) atoms. The van der Waals surface area contributed by atoms with Crippen LogP contribution >= 0.6 is 0 Å². The minimum atomic E-state index is -0.587. The monoisotopic (exact) mass is 670 g/mol. The summed E-state index contributed by atoms with van der Waals surface area (Å²) in [7, 11) is 1.75. The molecule has 0 saturated carbocycles. The molecule has 1 aromatic rings. The third-order valence-electron chi connectivity index (χ3n) is 3.82. The van der Waals surface area contributed by atoms with E-state index in [-0.39, 0.29) is 200 Å². The predicted octanol–water partition coefficient (Wildman–Crippen LogP) is -6.31. The summed E-state index contributed by atoms with van der Waals surface area (Å²) >= 11 is 0. The van der Waals surface area contributed by atoms with Crippen LogP contribution in [-0.4, -0.2) is 57.4 Å². The number of allylic oxidation sites excluding steroid dienone is 2. The quantitative estimate of drug-likeness (QED) is 0.0855. The van der Waals surface area contributed by atoms with Crippen LogP contribution in [0.3, 0.4) is 0 Å². The minimum Gasteiger partial charge on any atom is -0.656 e. The van der Waals surface area contributed by atoms with E-state index in [2.05, 4.69) is 21.3 Å². The third kappa shape index (κ3) is 22.0. The number of ketones is 1. The van der Waals surface area contributed by atoms with Gasteiger partial charge in [-0.3, -0.25) is 4.79 Å². The van der Waals surface area contributed by atoms with Crippen LogP contribution in [0.5, 0.6) is 0 Å². The van der Waals surface area contributed by atoms with E-state index in [1.807, 2.05) is 0 Å². The van der Waals surface area contributed by atoms with Crippen molar-refractivity contribution in [3.05, 3.63) is 57.6 Å². The summed E-state index contributed by atoms with van der Waals surface area (Å²) in [6.45, 7) is 3.03. The molecular formula is C21H27N4O5Rb3. The van der Waals surface area contributed by atoms with Gasteiger partial charge in [0, 0.05) is 51.3 Å². The van der Waals surface area contributed by atoms with Crippen LogP contribution in [0.2, 0.25) is 0 Å². The van der Waals surface area contributed by atoms with Crippen LogP contribution in [0.4, 0.5) is 5.69 Å². The zero-order valence-electron chi connectivity index (χ0n) is 20.3. The Morgan fingerprint density at radius 1 is 1.00 bits per heavy atom. The van der Waals surface area contributed by atoms with Crippen molar-refractivity contribution in [2.24, 2.45) is 0 Å². The average Bonchev–Trinajstić information content (AvgIpc) is 2.71. The first-order chi connectivity index (χ1) is 14.4. The van der Waals surface area contributed by atoms with Crippen molar-refractivity contribution in [1.29, 1.82) is 0 Å². The van der Waals surface area contributed by atoms with E-state index in [9.17, 15) is 19.2 Å². The first kappa shape index (κ1) is 39.7. The molecule has 0 heterocycles. The fraction of sp³-hybridized carbons (Fsp3) is 0.429. The third-order valence-corrected chi connectivity index (χ3v) is 3.82. The Bertz CT molecular complexity index is 746. The Hall–Kier alpha value is 2.22. The Kier molecular flexibility index (Phi) is 31.1. The van der Waals surface area contributed by atoms with Crippen molar-refractivity contribution >= 4 is 29.7 Å². The molecule has 12 heteroatoms. The largest absolute Gasteiger partial charge is 1.00 e. The van der Waals surface area contributed by atoms with Gasteiger partial charge in [-0.15, -0.1) is 18.8 Å². The molecule has 0 aliphatic rings. The van der Waals surface area contributed by atoms with Crippen LogP contribution < -0.4 is 180 Å². The van der Waals surface area contributed by atoms with E-state index in [0.29, 0.717) is 31.7 Å². The zero-order valence-corrected chi connectivity index (χ0v) is 35.0. The van der Waals surface area contributed by atoms with Crippen molar-refractivity contribution in [2.45, 2.75) is 26.2 Å². The topological polar surface area (TPSA) is 132 Å². The molecule has 0 aliphatic carbocycles. The number of amides is 3. The smallest absolute Gasteiger partial charge is 0.656 e. The van der Waals surface area contributed by atoms with Gasteiger partial charge in [-0.1, -0.05) is 24.3 Å². The average molecular weight is 672 g/mol. The van der Waals surface area contributed by atoms with Crippen LogP contribution in [0.25, 0.3) is 16.0 Å². The molecule has 0 fully saturated rings. The number of hydrogen-bond acceptors (Lipinski definition) is 6. The fourth-order valence-electron chi connectivity index (χ4n) is 2.27. The first-order valence-corrected chi connectivity index (χ1v) is 9.55. The molecule has 0 aliphatic heterocycles. The molecule has 164 valence electrons. The van der Waals surface area contributed by atoms with E-state index >= 15 is 0 Å². The maximum atomic E-state index is 11.9. The van der Waals surface area contributed by atoms with Gasteiger partial charge >= 0.3 is 175 Å². The Morgan fingerprint density at radius 2 is 1.67 bits per heavy atom. The Labute approximate surface area is 342 Å². The summed E-state index contributed by atoms with van der Waals surface area (Å²) in [5.74, 6) is -1.18. The van der Waals surface area contributed by atoms with Gasteiger partial charge < -0.3 is 40.4 Å². The number of nitrogens with zero attached hydrogens (tertiary/aromatic N) is 3. The van der Waals surface area contributed by atoms with E-state index in [1.165, 1.54) is 6.08 Å². The minimum absolute atomic E-state index is 0. The van der Waals surface area contributed by atoms with E-state index in [1.54, 1.807) is 38.2 Å². The Balaban J connectivity index is -0.00000300. The molecule has 1 N–H and O–H groups in total. The molecule has 0 radical (unpaired) electrons.